The summed E-state index contributed by atoms with van der Waals surface area (Å²) in [5.74, 6) is 0.795. The van der Waals surface area contributed by atoms with Gasteiger partial charge in [0.05, 0.1) is 30.8 Å². The van der Waals surface area contributed by atoms with Crippen LogP contribution in [0.1, 0.15) is 92.7 Å². The quantitative estimate of drug-likeness (QED) is 0.148. The van der Waals surface area contributed by atoms with Gasteiger partial charge < -0.3 is 19.4 Å². The Labute approximate surface area is 556 Å². The molecular formula is C84H70B2ClN3O. The van der Waals surface area contributed by atoms with Crippen LogP contribution >= 0.6 is 11.6 Å². The van der Waals surface area contributed by atoms with Gasteiger partial charge in [0, 0.05) is 61.4 Å². The molecule has 4 heterocycles. The zero-order valence-electron chi connectivity index (χ0n) is 62.3. The van der Waals surface area contributed by atoms with E-state index in [0.29, 0.717) is 67.2 Å². The zero-order chi connectivity index (χ0) is 70.9. The highest BCUT2D eigenvalue weighted by atomic mass is 35.5. The summed E-state index contributed by atoms with van der Waals surface area (Å²) in [4.78, 5) is 6.23. The number of fused-ring (bicyclic) bond motifs is 9. The van der Waals surface area contributed by atoms with Gasteiger partial charge >= 0.3 is 0 Å². The molecule has 0 saturated carbocycles. The minimum absolute atomic E-state index is 0.0259. The highest BCUT2D eigenvalue weighted by molar-refractivity contribution is 7.02. The second-order valence-electron chi connectivity index (χ2n) is 27.4. The fraction of sp³-hybridized carbons (Fsp3) is 0.143. The molecule has 91 heavy (non-hydrogen) atoms. The van der Waals surface area contributed by atoms with Gasteiger partial charge in [0.1, 0.15) is 11.5 Å². The molecule has 0 saturated heterocycles. The van der Waals surface area contributed by atoms with Crippen LogP contribution in [0.5, 0.6) is 11.5 Å². The largest absolute Gasteiger partial charge is 0.456 e. The molecule has 4 aliphatic heterocycles. The molecule has 0 spiro atoms. The molecule has 4 nitrogen and oxygen atoms in total. The first-order chi connectivity index (χ1) is 48.1. The van der Waals surface area contributed by atoms with Crippen molar-refractivity contribution in [3.8, 4) is 56.0 Å². The Morgan fingerprint density at radius 3 is 1.36 bits per heavy atom. The molecule has 12 aromatic rings. The van der Waals surface area contributed by atoms with Gasteiger partial charge in [-0.3, -0.25) is 0 Å². The van der Waals surface area contributed by atoms with Crippen molar-refractivity contribution >= 4 is 109 Å². The lowest BCUT2D eigenvalue weighted by Gasteiger charge is -2.49. The van der Waals surface area contributed by atoms with E-state index < -0.39 is 30.9 Å². The van der Waals surface area contributed by atoms with Gasteiger partial charge in [-0.2, -0.15) is 0 Å². The Morgan fingerprint density at radius 1 is 0.363 bits per heavy atom. The monoisotopic (exact) mass is 1200 g/mol. The summed E-state index contributed by atoms with van der Waals surface area (Å²) in [6, 6.07) is 64.4. The fourth-order valence-corrected chi connectivity index (χ4v) is 14.4. The van der Waals surface area contributed by atoms with Gasteiger partial charge in [0.2, 0.25) is 0 Å². The van der Waals surface area contributed by atoms with Crippen LogP contribution in [0.4, 0.5) is 51.2 Å². The van der Waals surface area contributed by atoms with E-state index in [1.54, 1.807) is 4.90 Å². The topological polar surface area (TPSA) is 19.0 Å². The number of rotatable bonds is 7. The van der Waals surface area contributed by atoms with Crippen LogP contribution in [0.15, 0.2) is 261 Å². The van der Waals surface area contributed by atoms with Gasteiger partial charge in [-0.15, -0.1) is 0 Å². The fourth-order valence-electron chi connectivity index (χ4n) is 14.2. The van der Waals surface area contributed by atoms with Crippen molar-refractivity contribution in [1.82, 2.24) is 0 Å². The van der Waals surface area contributed by atoms with Crippen molar-refractivity contribution in [2.24, 2.45) is 0 Å². The predicted molar refractivity (Wildman–Crippen MR) is 389 cm³/mol. The second-order valence-corrected chi connectivity index (χ2v) is 27.8. The van der Waals surface area contributed by atoms with E-state index >= 15 is 0 Å². The first-order valence-corrected chi connectivity index (χ1v) is 31.6. The van der Waals surface area contributed by atoms with E-state index in [-0.39, 0.29) is 75.6 Å². The first-order valence-electron chi connectivity index (χ1n) is 36.3. The minimum atomic E-state index is -1.05. The molecule has 0 unspecified atom stereocenters. The van der Waals surface area contributed by atoms with Gasteiger partial charge in [-0.1, -0.05) is 256 Å². The summed E-state index contributed by atoms with van der Waals surface area (Å²) in [6.07, 6.45) is 0. The third-order valence-electron chi connectivity index (χ3n) is 18.7. The summed E-state index contributed by atoms with van der Waals surface area (Å²) in [5.41, 5.74) is 16.4. The number of anilines is 9. The third kappa shape index (κ3) is 9.19. The molecular weight excluding hydrogens is 1120 g/mol. The van der Waals surface area contributed by atoms with Crippen LogP contribution in [-0.2, 0) is 16.2 Å². The van der Waals surface area contributed by atoms with E-state index in [9.17, 15) is 12.3 Å². The van der Waals surface area contributed by atoms with Gasteiger partial charge in [0.15, 0.2) is 0 Å². The van der Waals surface area contributed by atoms with Crippen LogP contribution in [-0.4, -0.2) is 13.4 Å². The molecule has 0 atom stereocenters. The average Bonchev–Trinajstić information content (AvgIpc) is 0.668. The van der Waals surface area contributed by atoms with Gasteiger partial charge in [0.25, 0.3) is 13.4 Å². The maximum Gasteiger partial charge on any atom is 0.256 e. The van der Waals surface area contributed by atoms with E-state index in [4.69, 9.17) is 17.7 Å². The first kappa shape index (κ1) is 46.4. The lowest BCUT2D eigenvalue weighted by molar-refractivity contribution is 0.489. The third-order valence-corrected chi connectivity index (χ3v) is 18.9. The summed E-state index contributed by atoms with van der Waals surface area (Å²) >= 11 is 7.51. The molecule has 440 valence electrons. The molecule has 12 aromatic carbocycles. The lowest BCUT2D eigenvalue weighted by atomic mass is 9.31. The average molecular weight is 1200 g/mol. The van der Waals surface area contributed by atoms with E-state index in [1.807, 2.05) is 78.9 Å². The Kier molecular flexibility index (Phi) is 10.8. The smallest absolute Gasteiger partial charge is 0.256 e. The normalized spacial score (nSPS) is 15.1. The zero-order valence-corrected chi connectivity index (χ0v) is 53.1. The van der Waals surface area contributed by atoms with Crippen molar-refractivity contribution in [1.29, 1.82) is 0 Å². The van der Waals surface area contributed by atoms with Crippen LogP contribution in [0.3, 0.4) is 0 Å². The maximum absolute atomic E-state index is 10.8. The van der Waals surface area contributed by atoms with Crippen LogP contribution < -0.4 is 52.2 Å². The Bertz CT molecular complexity index is 5390. The van der Waals surface area contributed by atoms with Crippen molar-refractivity contribution in [3.05, 3.63) is 282 Å². The molecule has 0 bridgehead atoms. The molecule has 0 radical (unpaired) electrons. The molecule has 0 fully saturated rings. The second kappa shape index (κ2) is 21.2. The lowest BCUT2D eigenvalue weighted by Crippen LogP contribution is -2.64. The standard InChI is InChI=1S/C84H70B2ClN3O/c1-82(2,3)57-45-62(53-29-15-10-16-30-53)78(63(46-57)54-31-17-11-18-32-54)89-71-51-60(87)43-44-67(71)86-69-52-74-77-81(91-75-42-28-26-40-68(75)85(77)66-39-25-27-41-70(66)88(74)61-37-23-14-24-38-61)80(69)90(73-50-59(84(7,8)9)49-72(89)76(73)86)79-64(55-33-19-12-20-34-55)47-58(83(4,5)6)48-65(79)56-35-21-13-22-36-56/h10-52H,1-9H3/i14D,23D,24D,25D,27D,37D,39D,43D,44D,51D. The van der Waals surface area contributed by atoms with Crippen LogP contribution in [0, 0.1) is 0 Å². The summed E-state index contributed by atoms with van der Waals surface area (Å²) in [5, 5.41) is -0.199. The number of nitrogens with zero attached hydrogens (tertiary/aromatic N) is 3. The van der Waals surface area contributed by atoms with E-state index in [1.165, 1.54) is 12.1 Å². The predicted octanol–water partition coefficient (Wildman–Crippen LogP) is 19.4. The number of para-hydroxylation sites is 3. The molecule has 0 N–H and O–H groups in total. The van der Waals surface area contributed by atoms with Crippen molar-refractivity contribution in [2.75, 3.05) is 14.7 Å². The summed E-state index contributed by atoms with van der Waals surface area (Å²) in [6.45, 7) is 18.0. The minimum Gasteiger partial charge on any atom is -0.456 e. The SMILES string of the molecule is [2H]c1cc(N2c3cc([2H])c([2H])c([2H])c3B3c4ccccc4Oc4c3c2cc2c4N(c3c(-c4ccccc4)cc(C(C)(C)C)cc3-c3ccccc3)c3cc(C(C)(C)C)cc4c3B2c2c([2H])c([2H])c(Cl)c([2H])c2N4c2c(-c3ccccc3)cc(C(C)(C)C)cc2-c2ccccc2)c([2H])c([2H])c1[2H]. The van der Waals surface area contributed by atoms with E-state index in [0.717, 1.165) is 78.0 Å². The van der Waals surface area contributed by atoms with Gasteiger partial charge in [-0.25, -0.2) is 0 Å². The van der Waals surface area contributed by atoms with Crippen molar-refractivity contribution in [2.45, 2.75) is 78.6 Å². The van der Waals surface area contributed by atoms with Crippen molar-refractivity contribution in [3.63, 3.8) is 0 Å². The highest BCUT2D eigenvalue weighted by Crippen LogP contribution is 2.58. The number of ether oxygens (including phenoxy) is 1. The Hall–Kier alpha value is -9.74. The highest BCUT2D eigenvalue weighted by Gasteiger charge is 2.51. The number of halogens is 1. The van der Waals surface area contributed by atoms with Gasteiger partial charge in [-0.05, 0) is 167 Å². The van der Waals surface area contributed by atoms with E-state index in [2.05, 4.69) is 181 Å². The summed E-state index contributed by atoms with van der Waals surface area (Å²) in [7, 11) is 0. The molecule has 16 rings (SSSR count). The van der Waals surface area contributed by atoms with Crippen LogP contribution in [0.2, 0.25) is 5.02 Å². The maximum atomic E-state index is 10.8. The molecule has 0 aliphatic carbocycles. The molecule has 0 aromatic heterocycles. The molecule has 7 heteroatoms. The Balaban J connectivity index is 1.18. The molecule has 4 aliphatic rings. The number of hydrogen-bond acceptors (Lipinski definition) is 4. The van der Waals surface area contributed by atoms with Crippen LogP contribution in [0.25, 0.3) is 44.5 Å². The summed E-state index contributed by atoms with van der Waals surface area (Å²) < 4.78 is 106. The van der Waals surface area contributed by atoms with Crippen molar-refractivity contribution < 1.29 is 18.4 Å². The Morgan fingerprint density at radius 2 is 0.813 bits per heavy atom. The number of hydrogen-bond donors (Lipinski definition) is 0. The molecule has 0 amide bonds. The number of benzene rings is 12.